The Morgan fingerprint density at radius 2 is 1.50 bits per heavy atom. The summed E-state index contributed by atoms with van der Waals surface area (Å²) < 4.78 is 18.8. The lowest BCUT2D eigenvalue weighted by Gasteiger charge is -2.10. The molecule has 0 amide bonds. The lowest BCUT2D eigenvalue weighted by molar-refractivity contribution is -0.139. The lowest BCUT2D eigenvalue weighted by atomic mass is 9.94. The van der Waals surface area contributed by atoms with Gasteiger partial charge < -0.3 is 9.84 Å². The largest absolute Gasteiger partial charge is 0.481 e. The van der Waals surface area contributed by atoms with Crippen LogP contribution in [0.15, 0.2) is 78.4 Å². The first-order chi connectivity index (χ1) is 14.4. The molecule has 150 valence electrons. The standard InChI is InChI=1S/C26H21FO3/c1-16-24(22-5-3-4-6-23(22)25(16)17(2)26(28)29)15-18-7-11-20(12-8-18)30-21-13-9-19(27)10-14-21/h3-15,17H,1-2H3,(H,28,29)/b24-15-. The van der Waals surface area contributed by atoms with Gasteiger partial charge in [0.15, 0.2) is 0 Å². The topological polar surface area (TPSA) is 46.5 Å². The maximum absolute atomic E-state index is 13.0. The van der Waals surface area contributed by atoms with Gasteiger partial charge in [-0.25, -0.2) is 4.39 Å². The van der Waals surface area contributed by atoms with Crippen LogP contribution < -0.4 is 4.74 Å². The highest BCUT2D eigenvalue weighted by atomic mass is 19.1. The van der Waals surface area contributed by atoms with Crippen molar-refractivity contribution in [1.82, 2.24) is 0 Å². The number of halogens is 1. The molecular formula is C26H21FO3. The molecule has 1 aliphatic rings. The molecule has 0 fully saturated rings. The Bertz CT molecular complexity index is 1160. The molecule has 4 heteroatoms. The highest BCUT2D eigenvalue weighted by molar-refractivity contribution is 6.08. The van der Waals surface area contributed by atoms with Gasteiger partial charge in [-0.1, -0.05) is 36.4 Å². The molecule has 3 nitrogen and oxygen atoms in total. The molecule has 3 aromatic carbocycles. The fourth-order valence-corrected chi connectivity index (χ4v) is 3.81. The van der Waals surface area contributed by atoms with Crippen molar-refractivity contribution in [3.63, 3.8) is 0 Å². The second-order valence-corrected chi connectivity index (χ2v) is 7.33. The average molecular weight is 400 g/mol. The van der Waals surface area contributed by atoms with Gasteiger partial charge in [-0.05, 0) is 89.7 Å². The average Bonchev–Trinajstić information content (AvgIpc) is 3.02. The minimum atomic E-state index is -0.831. The van der Waals surface area contributed by atoms with Crippen LogP contribution in [0.4, 0.5) is 4.39 Å². The van der Waals surface area contributed by atoms with Crippen LogP contribution in [0.1, 0.15) is 30.5 Å². The van der Waals surface area contributed by atoms with Crippen molar-refractivity contribution in [2.45, 2.75) is 13.8 Å². The Hall–Kier alpha value is -3.66. The fourth-order valence-electron chi connectivity index (χ4n) is 3.81. The zero-order valence-electron chi connectivity index (χ0n) is 16.7. The normalized spacial score (nSPS) is 15.2. The molecule has 30 heavy (non-hydrogen) atoms. The van der Waals surface area contributed by atoms with Gasteiger partial charge in [-0.15, -0.1) is 0 Å². The molecule has 0 aromatic heterocycles. The summed E-state index contributed by atoms with van der Waals surface area (Å²) in [6, 6.07) is 21.4. The van der Waals surface area contributed by atoms with E-state index in [1.807, 2.05) is 55.5 Å². The van der Waals surface area contributed by atoms with E-state index in [1.165, 1.54) is 12.1 Å². The molecule has 0 bridgehead atoms. The van der Waals surface area contributed by atoms with Crippen molar-refractivity contribution >= 4 is 23.2 Å². The van der Waals surface area contributed by atoms with E-state index in [1.54, 1.807) is 19.1 Å². The molecular weight excluding hydrogens is 379 g/mol. The Kier molecular flexibility index (Phi) is 5.23. The molecule has 0 spiro atoms. The summed E-state index contributed by atoms with van der Waals surface area (Å²) in [5, 5.41) is 9.54. The third-order valence-corrected chi connectivity index (χ3v) is 5.36. The lowest BCUT2D eigenvalue weighted by Crippen LogP contribution is -2.11. The number of allylic oxidation sites excluding steroid dienone is 2. The monoisotopic (exact) mass is 400 g/mol. The molecule has 0 aliphatic heterocycles. The van der Waals surface area contributed by atoms with Gasteiger partial charge >= 0.3 is 5.97 Å². The van der Waals surface area contributed by atoms with Crippen LogP contribution >= 0.6 is 0 Å². The van der Waals surface area contributed by atoms with Crippen molar-refractivity contribution < 1.29 is 19.0 Å². The second kappa shape index (κ2) is 7.99. The second-order valence-electron chi connectivity index (χ2n) is 7.33. The quantitative estimate of drug-likeness (QED) is 0.520. The summed E-state index contributed by atoms with van der Waals surface area (Å²) in [5.41, 5.74) is 5.88. The molecule has 4 rings (SSSR count). The first-order valence-corrected chi connectivity index (χ1v) is 9.73. The molecule has 3 aromatic rings. The summed E-state index contributed by atoms with van der Waals surface area (Å²) >= 11 is 0. The zero-order chi connectivity index (χ0) is 21.3. The van der Waals surface area contributed by atoms with Crippen LogP contribution in [0, 0.1) is 11.7 Å². The van der Waals surface area contributed by atoms with E-state index in [9.17, 15) is 14.3 Å². The van der Waals surface area contributed by atoms with E-state index in [0.717, 1.165) is 33.4 Å². The zero-order valence-corrected chi connectivity index (χ0v) is 16.7. The number of fused-ring (bicyclic) bond motifs is 1. The Balaban J connectivity index is 1.65. The summed E-state index contributed by atoms with van der Waals surface area (Å²) in [7, 11) is 0. The number of carboxylic acids is 1. The summed E-state index contributed by atoms with van der Waals surface area (Å²) in [6.45, 7) is 3.70. The van der Waals surface area contributed by atoms with Gasteiger partial charge in [0.25, 0.3) is 0 Å². The van der Waals surface area contributed by atoms with Crippen molar-refractivity contribution in [3.05, 3.63) is 101 Å². The van der Waals surface area contributed by atoms with Crippen molar-refractivity contribution in [1.29, 1.82) is 0 Å². The highest BCUT2D eigenvalue weighted by Gasteiger charge is 2.29. The molecule has 1 aliphatic carbocycles. The van der Waals surface area contributed by atoms with Crippen LogP contribution in [0.25, 0.3) is 17.2 Å². The van der Waals surface area contributed by atoms with Gasteiger partial charge in [0.1, 0.15) is 17.3 Å². The highest BCUT2D eigenvalue weighted by Crippen LogP contribution is 2.45. The minimum absolute atomic E-state index is 0.304. The fraction of sp³-hybridized carbons (Fsp3) is 0.115. The predicted molar refractivity (Wildman–Crippen MR) is 117 cm³/mol. The van der Waals surface area contributed by atoms with Crippen molar-refractivity contribution in [2.24, 2.45) is 5.92 Å². The maximum Gasteiger partial charge on any atom is 0.310 e. The number of carboxylic acid groups (broad SMARTS) is 1. The SMILES string of the molecule is CC1=C(C(C)C(=O)O)c2ccccc2/C1=C\c1ccc(Oc2ccc(F)cc2)cc1. The van der Waals surface area contributed by atoms with Crippen LogP contribution in [0.3, 0.4) is 0 Å². The summed E-state index contributed by atoms with van der Waals surface area (Å²) in [4.78, 5) is 11.6. The number of hydrogen-bond acceptors (Lipinski definition) is 2. The number of ether oxygens (including phenoxy) is 1. The van der Waals surface area contributed by atoms with Gasteiger partial charge in [-0.2, -0.15) is 0 Å². The molecule has 0 heterocycles. The number of benzene rings is 3. The van der Waals surface area contributed by atoms with Gasteiger partial charge in [0.2, 0.25) is 0 Å². The molecule has 1 atom stereocenters. The first kappa shape index (κ1) is 19.6. The Labute approximate surface area is 174 Å². The van der Waals surface area contributed by atoms with E-state index in [0.29, 0.717) is 11.5 Å². The van der Waals surface area contributed by atoms with E-state index in [4.69, 9.17) is 4.74 Å². The molecule has 1 N–H and O–H groups in total. The number of carbonyl (C=O) groups is 1. The van der Waals surface area contributed by atoms with E-state index < -0.39 is 11.9 Å². The Morgan fingerprint density at radius 3 is 2.10 bits per heavy atom. The van der Waals surface area contributed by atoms with E-state index in [2.05, 4.69) is 6.08 Å². The minimum Gasteiger partial charge on any atom is -0.481 e. The number of hydrogen-bond donors (Lipinski definition) is 1. The van der Waals surface area contributed by atoms with Gasteiger partial charge in [0, 0.05) is 0 Å². The van der Waals surface area contributed by atoms with Crippen molar-refractivity contribution in [3.8, 4) is 11.5 Å². The van der Waals surface area contributed by atoms with Crippen LogP contribution in [-0.2, 0) is 4.79 Å². The molecule has 0 radical (unpaired) electrons. The Morgan fingerprint density at radius 1 is 0.933 bits per heavy atom. The first-order valence-electron chi connectivity index (χ1n) is 9.73. The molecule has 0 saturated carbocycles. The number of aliphatic carboxylic acids is 1. The predicted octanol–water partition coefficient (Wildman–Crippen LogP) is 6.67. The van der Waals surface area contributed by atoms with Gasteiger partial charge in [-0.3, -0.25) is 4.79 Å². The van der Waals surface area contributed by atoms with Gasteiger partial charge in [0.05, 0.1) is 5.92 Å². The third-order valence-electron chi connectivity index (χ3n) is 5.36. The number of rotatable bonds is 5. The third kappa shape index (κ3) is 3.77. The van der Waals surface area contributed by atoms with Crippen LogP contribution in [-0.4, -0.2) is 11.1 Å². The van der Waals surface area contributed by atoms with Crippen LogP contribution in [0.2, 0.25) is 0 Å². The summed E-state index contributed by atoms with van der Waals surface area (Å²) in [6.07, 6.45) is 2.07. The van der Waals surface area contributed by atoms with E-state index >= 15 is 0 Å². The van der Waals surface area contributed by atoms with E-state index in [-0.39, 0.29) is 5.82 Å². The van der Waals surface area contributed by atoms with Crippen molar-refractivity contribution in [2.75, 3.05) is 0 Å². The molecule has 0 saturated heterocycles. The summed E-state index contributed by atoms with van der Waals surface area (Å²) in [5.74, 6) is -0.492. The maximum atomic E-state index is 13.0. The molecule has 1 unspecified atom stereocenters. The van der Waals surface area contributed by atoms with Crippen LogP contribution in [0.5, 0.6) is 11.5 Å². The smallest absolute Gasteiger partial charge is 0.310 e.